The lowest BCUT2D eigenvalue weighted by molar-refractivity contribution is 0.0384. The van der Waals surface area contributed by atoms with Crippen molar-refractivity contribution in [3.05, 3.63) is 48.4 Å². The predicted molar refractivity (Wildman–Crippen MR) is 227 cm³/mol. The summed E-state index contributed by atoms with van der Waals surface area (Å²) in [6.07, 6.45) is 19.5. The van der Waals surface area contributed by atoms with E-state index in [1.807, 2.05) is 0 Å². The predicted octanol–water partition coefficient (Wildman–Crippen LogP) is 8.31. The molecule has 3 aromatic rings. The number of anilines is 1. The van der Waals surface area contributed by atoms with Crippen LogP contribution in [0.25, 0.3) is 10.9 Å². The normalized spacial score (nSPS) is 19.2. The monoisotopic (exact) mass is 811 g/mol. The number of pyridine rings is 1. The molecule has 6 rings (SSSR count). The maximum absolute atomic E-state index is 15.8. The summed E-state index contributed by atoms with van der Waals surface area (Å²) < 4.78 is 63.1. The first kappa shape index (κ1) is 43.1. The van der Waals surface area contributed by atoms with E-state index in [9.17, 15) is 13.0 Å². The number of piperidine rings is 2. The van der Waals surface area contributed by atoms with E-state index in [0.717, 1.165) is 64.8 Å². The zero-order valence-electron chi connectivity index (χ0n) is 34.2. The van der Waals surface area contributed by atoms with Gasteiger partial charge in [0.2, 0.25) is 9.84 Å². The Morgan fingerprint density at radius 3 is 1.93 bits per heavy atom. The second-order valence-electron chi connectivity index (χ2n) is 16.2. The van der Waals surface area contributed by atoms with Crippen molar-refractivity contribution in [1.82, 2.24) is 19.7 Å². The van der Waals surface area contributed by atoms with Crippen LogP contribution in [0.3, 0.4) is 0 Å². The molecule has 0 radical (unpaired) electrons. The standard InChI is InChI=1S/C44H66FN5O4S2/c1-4-6-7-8-9-10-11-12-13-14-31-54-37-15-18-42(40(45)32-37)56(52,53)43-34-46-41-17-16-38(55(3)51)33-39(41)44(43)50-25-21-36(22-26-50)49-29-27-48(28-30-49)35-19-23-47(5-2)24-20-35/h15-18,32-36H,4-14,19-31H2,1-3H3. The third kappa shape index (κ3) is 11.0. The molecule has 3 aliphatic rings. The number of aromatic nitrogens is 1. The number of hydrogen-bond acceptors (Lipinski definition) is 9. The number of likely N-dealkylation sites (tertiary alicyclic amines) is 1. The SMILES string of the molecule is CCCCCCCCCCCCOc1ccc(S(=O)(=O)c2cnc3ccc([S+](C)[O-])cc3c2N2CCC(N3CCN(C4CCN(CC)CC4)CC3)CC2)c(F)c1. The lowest BCUT2D eigenvalue weighted by atomic mass is 9.99. The Hall–Kier alpha value is -2.48. The molecule has 2 aromatic carbocycles. The minimum Gasteiger partial charge on any atom is -0.612 e. The third-order valence-electron chi connectivity index (χ3n) is 12.5. The third-order valence-corrected chi connectivity index (χ3v) is 15.2. The van der Waals surface area contributed by atoms with Gasteiger partial charge < -0.3 is 19.1 Å². The number of unbranched alkanes of at least 4 members (excludes halogenated alkanes) is 9. The van der Waals surface area contributed by atoms with Crippen LogP contribution >= 0.6 is 0 Å². The van der Waals surface area contributed by atoms with Gasteiger partial charge in [-0.05, 0) is 87.2 Å². The van der Waals surface area contributed by atoms with Gasteiger partial charge in [0.05, 0.1) is 17.8 Å². The Morgan fingerprint density at radius 2 is 1.36 bits per heavy atom. The van der Waals surface area contributed by atoms with Crippen LogP contribution in [-0.4, -0.2) is 117 Å². The number of fused-ring (bicyclic) bond motifs is 1. The molecule has 0 spiro atoms. The first-order valence-electron chi connectivity index (χ1n) is 21.6. The van der Waals surface area contributed by atoms with Crippen molar-refractivity contribution in [2.75, 3.05) is 76.7 Å². The highest BCUT2D eigenvalue weighted by atomic mass is 32.2. The molecule has 56 heavy (non-hydrogen) atoms. The molecule has 3 saturated heterocycles. The van der Waals surface area contributed by atoms with Crippen molar-refractivity contribution in [2.45, 2.75) is 131 Å². The summed E-state index contributed by atoms with van der Waals surface area (Å²) in [6.45, 7) is 14.1. The van der Waals surface area contributed by atoms with Crippen molar-refractivity contribution in [3.8, 4) is 5.75 Å². The molecule has 1 aromatic heterocycles. The van der Waals surface area contributed by atoms with Crippen LogP contribution in [0.4, 0.5) is 10.1 Å². The largest absolute Gasteiger partial charge is 0.612 e. The molecule has 0 N–H and O–H groups in total. The number of nitrogens with zero attached hydrogens (tertiary/aromatic N) is 5. The Morgan fingerprint density at radius 1 is 0.768 bits per heavy atom. The van der Waals surface area contributed by atoms with Crippen LogP contribution in [0.1, 0.15) is 104 Å². The summed E-state index contributed by atoms with van der Waals surface area (Å²) in [5.74, 6) is -0.511. The van der Waals surface area contributed by atoms with Gasteiger partial charge in [0.1, 0.15) is 27.6 Å². The summed E-state index contributed by atoms with van der Waals surface area (Å²) in [6, 6.07) is 10.5. The topological polar surface area (TPSA) is 92.3 Å². The summed E-state index contributed by atoms with van der Waals surface area (Å²) in [7, 11) is -4.32. The fourth-order valence-corrected chi connectivity index (χ4v) is 11.1. The van der Waals surface area contributed by atoms with Crippen LogP contribution < -0.4 is 9.64 Å². The Bertz CT molecular complexity index is 1790. The number of halogens is 1. The van der Waals surface area contributed by atoms with Crippen LogP contribution in [0.5, 0.6) is 5.75 Å². The second-order valence-corrected chi connectivity index (χ2v) is 19.5. The molecule has 12 heteroatoms. The van der Waals surface area contributed by atoms with Gasteiger partial charge in [-0.3, -0.25) is 14.8 Å². The highest BCUT2D eigenvalue weighted by Gasteiger charge is 2.34. The number of sulfone groups is 1. The Labute approximate surface area is 339 Å². The minimum atomic E-state index is -4.32. The van der Waals surface area contributed by atoms with Crippen molar-refractivity contribution in [3.63, 3.8) is 0 Å². The summed E-state index contributed by atoms with van der Waals surface area (Å²) in [5.41, 5.74) is 1.14. The summed E-state index contributed by atoms with van der Waals surface area (Å²) in [4.78, 5) is 14.7. The van der Waals surface area contributed by atoms with E-state index in [2.05, 4.69) is 38.4 Å². The first-order chi connectivity index (χ1) is 27.2. The van der Waals surface area contributed by atoms with E-state index >= 15 is 4.39 Å². The van der Waals surface area contributed by atoms with E-state index in [0.29, 0.717) is 59.0 Å². The maximum atomic E-state index is 15.8. The first-order valence-corrected chi connectivity index (χ1v) is 24.6. The number of hydrogen-bond donors (Lipinski definition) is 0. The second kappa shape index (κ2) is 21.0. The molecule has 3 fully saturated rings. The van der Waals surface area contributed by atoms with Gasteiger partial charge in [-0.1, -0.05) is 71.6 Å². The van der Waals surface area contributed by atoms with E-state index in [1.165, 1.54) is 89.2 Å². The molecule has 0 amide bonds. The van der Waals surface area contributed by atoms with Gasteiger partial charge in [0.25, 0.3) is 0 Å². The lowest BCUT2D eigenvalue weighted by Crippen LogP contribution is -2.56. The molecule has 4 heterocycles. The van der Waals surface area contributed by atoms with Gasteiger partial charge in [-0.2, -0.15) is 0 Å². The molecular weight excluding hydrogens is 746 g/mol. The molecule has 1 unspecified atom stereocenters. The minimum absolute atomic E-state index is 0.0249. The number of rotatable bonds is 19. The van der Waals surface area contributed by atoms with Gasteiger partial charge in [0.15, 0.2) is 4.90 Å². The Kier molecular flexibility index (Phi) is 16.1. The zero-order chi connectivity index (χ0) is 39.5. The van der Waals surface area contributed by atoms with E-state index in [4.69, 9.17) is 4.74 Å². The number of piperazine rings is 1. The lowest BCUT2D eigenvalue weighted by Gasteiger charge is -2.46. The zero-order valence-corrected chi connectivity index (χ0v) is 35.9. The van der Waals surface area contributed by atoms with Crippen LogP contribution in [0, 0.1) is 5.82 Å². The molecule has 0 aliphatic carbocycles. The molecule has 9 nitrogen and oxygen atoms in total. The molecule has 3 aliphatic heterocycles. The Balaban J connectivity index is 1.10. The van der Waals surface area contributed by atoms with Gasteiger partial charge in [-0.25, -0.2) is 12.8 Å². The average Bonchev–Trinajstić information content (AvgIpc) is 3.22. The van der Waals surface area contributed by atoms with Crippen LogP contribution in [-0.2, 0) is 21.0 Å². The molecular formula is C44H66FN5O4S2. The highest BCUT2D eigenvalue weighted by molar-refractivity contribution is 7.91. The van der Waals surface area contributed by atoms with E-state index < -0.39 is 31.7 Å². The smallest absolute Gasteiger partial charge is 0.213 e. The fourth-order valence-electron chi connectivity index (χ4n) is 9.05. The summed E-state index contributed by atoms with van der Waals surface area (Å²) >= 11 is -1.28. The van der Waals surface area contributed by atoms with Gasteiger partial charge in [-0.15, -0.1) is 0 Å². The van der Waals surface area contributed by atoms with Gasteiger partial charge in [0, 0.05) is 75.1 Å². The quantitative estimate of drug-likeness (QED) is 0.0876. The highest BCUT2D eigenvalue weighted by Crippen LogP contribution is 2.39. The number of benzene rings is 2. The van der Waals surface area contributed by atoms with Gasteiger partial charge >= 0.3 is 0 Å². The van der Waals surface area contributed by atoms with E-state index in [1.54, 1.807) is 30.5 Å². The fraction of sp³-hybridized carbons (Fsp3) is 0.659. The van der Waals surface area contributed by atoms with Crippen LogP contribution in [0.15, 0.2) is 57.3 Å². The molecule has 0 bridgehead atoms. The molecule has 0 saturated carbocycles. The molecule has 310 valence electrons. The average molecular weight is 812 g/mol. The van der Waals surface area contributed by atoms with Crippen molar-refractivity contribution < 1.29 is 22.1 Å². The molecule has 1 atom stereocenters. The van der Waals surface area contributed by atoms with E-state index in [-0.39, 0.29) is 4.90 Å². The van der Waals surface area contributed by atoms with Crippen molar-refractivity contribution in [2.24, 2.45) is 0 Å². The van der Waals surface area contributed by atoms with Crippen molar-refractivity contribution >= 4 is 37.6 Å². The summed E-state index contributed by atoms with van der Waals surface area (Å²) in [5, 5.41) is 0.622. The number of ether oxygens (including phenoxy) is 1. The van der Waals surface area contributed by atoms with Crippen molar-refractivity contribution in [1.29, 1.82) is 0 Å². The maximum Gasteiger partial charge on any atom is 0.213 e. The van der Waals surface area contributed by atoms with Crippen LogP contribution in [0.2, 0.25) is 0 Å².